The Bertz CT molecular complexity index is 478. The molecule has 20 heavy (non-hydrogen) atoms. The molecule has 4 nitrogen and oxygen atoms in total. The number of methoxy groups -OCH3 is 2. The third kappa shape index (κ3) is 3.35. The van der Waals surface area contributed by atoms with E-state index in [0.29, 0.717) is 12.3 Å². The number of hydrogen-bond acceptors (Lipinski definition) is 4. The van der Waals surface area contributed by atoms with Crippen molar-refractivity contribution < 1.29 is 18.7 Å². The lowest BCUT2D eigenvalue weighted by Gasteiger charge is -2.15. The highest BCUT2D eigenvalue weighted by molar-refractivity contribution is 5.99. The van der Waals surface area contributed by atoms with Crippen LogP contribution < -0.4 is 4.74 Å². The maximum Gasteiger partial charge on any atom is 0.170 e. The molecule has 1 aromatic carbocycles. The zero-order chi connectivity index (χ0) is 14.5. The van der Waals surface area contributed by atoms with Gasteiger partial charge in [0.2, 0.25) is 0 Å². The molecule has 5 heteroatoms. The zero-order valence-electron chi connectivity index (χ0n) is 11.9. The lowest BCUT2D eigenvalue weighted by molar-refractivity contribution is 0.0937. The van der Waals surface area contributed by atoms with Crippen LogP contribution in [0.15, 0.2) is 18.2 Å². The molecule has 1 unspecified atom stereocenters. The number of carbonyl (C=O) groups excluding carboxylic acids is 1. The summed E-state index contributed by atoms with van der Waals surface area (Å²) in [5.74, 6) is -0.447. The van der Waals surface area contributed by atoms with E-state index in [-0.39, 0.29) is 23.9 Å². The van der Waals surface area contributed by atoms with Gasteiger partial charge < -0.3 is 14.4 Å². The van der Waals surface area contributed by atoms with E-state index in [9.17, 15) is 9.18 Å². The Morgan fingerprint density at radius 2 is 2.25 bits per heavy atom. The van der Waals surface area contributed by atoms with Crippen LogP contribution >= 0.6 is 0 Å². The van der Waals surface area contributed by atoms with Crippen LogP contribution in [0, 0.1) is 5.82 Å². The molecule has 1 atom stereocenters. The smallest absolute Gasteiger partial charge is 0.170 e. The van der Waals surface area contributed by atoms with Crippen LogP contribution in [0.1, 0.15) is 23.2 Å². The number of ether oxygens (including phenoxy) is 2. The van der Waals surface area contributed by atoms with Gasteiger partial charge in [-0.05, 0) is 18.6 Å². The van der Waals surface area contributed by atoms with Crippen molar-refractivity contribution >= 4 is 5.78 Å². The highest BCUT2D eigenvalue weighted by atomic mass is 19.1. The van der Waals surface area contributed by atoms with Crippen LogP contribution in [0.4, 0.5) is 4.39 Å². The molecule has 0 bridgehead atoms. The van der Waals surface area contributed by atoms with E-state index in [1.54, 1.807) is 13.2 Å². The van der Waals surface area contributed by atoms with Gasteiger partial charge in [-0.2, -0.15) is 0 Å². The van der Waals surface area contributed by atoms with E-state index in [1.165, 1.54) is 19.2 Å². The van der Waals surface area contributed by atoms with Gasteiger partial charge in [0.25, 0.3) is 0 Å². The monoisotopic (exact) mass is 281 g/mol. The maximum atomic E-state index is 13.8. The number of hydrogen-bond donors (Lipinski definition) is 0. The molecule has 0 aliphatic carbocycles. The molecule has 110 valence electrons. The second-order valence-corrected chi connectivity index (χ2v) is 4.94. The summed E-state index contributed by atoms with van der Waals surface area (Å²) in [6.45, 7) is 2.37. The summed E-state index contributed by atoms with van der Waals surface area (Å²) in [5, 5.41) is 0. The molecule has 1 saturated heterocycles. The number of rotatable bonds is 6. The average molecular weight is 281 g/mol. The summed E-state index contributed by atoms with van der Waals surface area (Å²) in [4.78, 5) is 14.3. The first-order valence-corrected chi connectivity index (χ1v) is 6.76. The van der Waals surface area contributed by atoms with Gasteiger partial charge in [-0.25, -0.2) is 4.39 Å². The quantitative estimate of drug-likeness (QED) is 0.749. The summed E-state index contributed by atoms with van der Waals surface area (Å²) in [7, 11) is 3.14. The lowest BCUT2D eigenvalue weighted by atomic mass is 10.1. The first kappa shape index (κ1) is 14.9. The Morgan fingerprint density at radius 1 is 1.45 bits per heavy atom. The number of halogens is 1. The minimum Gasteiger partial charge on any atom is -0.496 e. The number of benzene rings is 1. The molecule has 2 rings (SSSR count). The van der Waals surface area contributed by atoms with Gasteiger partial charge in [0.15, 0.2) is 5.78 Å². The van der Waals surface area contributed by atoms with Crippen LogP contribution in [0.3, 0.4) is 0 Å². The van der Waals surface area contributed by atoms with Crippen molar-refractivity contribution in [2.24, 2.45) is 0 Å². The fraction of sp³-hybridized carbons (Fsp3) is 0.533. The number of likely N-dealkylation sites (tertiary alicyclic amines) is 1. The molecule has 1 aromatic rings. The van der Waals surface area contributed by atoms with E-state index in [1.807, 2.05) is 0 Å². The molecule has 0 saturated carbocycles. The van der Waals surface area contributed by atoms with Gasteiger partial charge >= 0.3 is 0 Å². The molecule has 1 aliphatic heterocycles. The maximum absolute atomic E-state index is 13.8. The highest BCUT2D eigenvalue weighted by Gasteiger charge is 2.23. The van der Waals surface area contributed by atoms with Crippen molar-refractivity contribution in [1.82, 2.24) is 4.90 Å². The summed E-state index contributed by atoms with van der Waals surface area (Å²) in [6, 6.07) is 4.42. The largest absolute Gasteiger partial charge is 0.496 e. The van der Waals surface area contributed by atoms with Crippen LogP contribution in [0.2, 0.25) is 0 Å². The number of carbonyl (C=O) groups is 1. The van der Waals surface area contributed by atoms with Gasteiger partial charge in [-0.15, -0.1) is 0 Å². The van der Waals surface area contributed by atoms with E-state index in [4.69, 9.17) is 9.47 Å². The normalized spacial score (nSPS) is 19.2. The average Bonchev–Trinajstić information content (AvgIpc) is 2.92. The van der Waals surface area contributed by atoms with Crippen molar-refractivity contribution in [3.05, 3.63) is 29.6 Å². The first-order chi connectivity index (χ1) is 9.65. The molecule has 0 N–H and O–H groups in total. The second-order valence-electron chi connectivity index (χ2n) is 4.94. The number of nitrogens with zero attached hydrogens (tertiary/aromatic N) is 1. The van der Waals surface area contributed by atoms with Crippen LogP contribution in [-0.4, -0.2) is 50.6 Å². The summed E-state index contributed by atoms with van der Waals surface area (Å²) in [5.41, 5.74) is 0.0532. The SMILES string of the molecule is COc1cccc(F)c1C(=O)CCN1CCC(OC)C1. The van der Waals surface area contributed by atoms with Gasteiger partial charge in [-0.1, -0.05) is 6.07 Å². The van der Waals surface area contributed by atoms with E-state index < -0.39 is 5.82 Å². The third-order valence-corrected chi connectivity index (χ3v) is 3.69. The van der Waals surface area contributed by atoms with E-state index >= 15 is 0 Å². The predicted octanol–water partition coefficient (Wildman–Crippen LogP) is 2.13. The second kappa shape index (κ2) is 6.81. The molecule has 0 radical (unpaired) electrons. The van der Waals surface area contributed by atoms with Crippen molar-refractivity contribution in [2.75, 3.05) is 33.9 Å². The minimum absolute atomic E-state index is 0.0532. The number of ketones is 1. The molecule has 1 fully saturated rings. The fourth-order valence-electron chi connectivity index (χ4n) is 2.52. The third-order valence-electron chi connectivity index (χ3n) is 3.69. The van der Waals surface area contributed by atoms with Gasteiger partial charge in [0.1, 0.15) is 11.6 Å². The van der Waals surface area contributed by atoms with Crippen molar-refractivity contribution in [3.8, 4) is 5.75 Å². The van der Waals surface area contributed by atoms with Crippen LogP contribution in [0.5, 0.6) is 5.75 Å². The summed E-state index contributed by atoms with van der Waals surface area (Å²) in [6.07, 6.45) is 1.51. The lowest BCUT2D eigenvalue weighted by Crippen LogP contribution is -2.25. The van der Waals surface area contributed by atoms with Crippen molar-refractivity contribution in [1.29, 1.82) is 0 Å². The van der Waals surface area contributed by atoms with Crippen LogP contribution in [-0.2, 0) is 4.74 Å². The highest BCUT2D eigenvalue weighted by Crippen LogP contribution is 2.23. The fourth-order valence-corrected chi connectivity index (χ4v) is 2.52. The minimum atomic E-state index is -0.523. The van der Waals surface area contributed by atoms with Crippen molar-refractivity contribution in [2.45, 2.75) is 18.9 Å². The molecule has 0 aromatic heterocycles. The molecule has 1 aliphatic rings. The molecule has 1 heterocycles. The Labute approximate surface area is 118 Å². The Morgan fingerprint density at radius 3 is 2.90 bits per heavy atom. The standard InChI is InChI=1S/C15H20FNO3/c1-19-11-6-8-17(10-11)9-7-13(18)15-12(16)4-3-5-14(15)20-2/h3-5,11H,6-10H2,1-2H3. The zero-order valence-corrected chi connectivity index (χ0v) is 11.9. The first-order valence-electron chi connectivity index (χ1n) is 6.76. The Kier molecular flexibility index (Phi) is 5.09. The molecule has 0 spiro atoms. The predicted molar refractivity (Wildman–Crippen MR) is 73.8 cm³/mol. The molecular weight excluding hydrogens is 261 g/mol. The van der Waals surface area contributed by atoms with Gasteiger partial charge in [0.05, 0.1) is 18.8 Å². The van der Waals surface area contributed by atoms with E-state index in [0.717, 1.165) is 19.5 Å². The Balaban J connectivity index is 1.96. The molecular formula is C15H20FNO3. The van der Waals surface area contributed by atoms with Gasteiger partial charge in [0, 0.05) is 33.2 Å². The van der Waals surface area contributed by atoms with Crippen molar-refractivity contribution in [3.63, 3.8) is 0 Å². The molecule has 0 amide bonds. The van der Waals surface area contributed by atoms with E-state index in [2.05, 4.69) is 4.90 Å². The summed E-state index contributed by atoms with van der Waals surface area (Å²) >= 11 is 0. The number of Topliss-reactive ketones (excluding diaryl/α,β-unsaturated/α-hetero) is 1. The summed E-state index contributed by atoms with van der Waals surface area (Å²) < 4.78 is 24.1. The van der Waals surface area contributed by atoms with Gasteiger partial charge in [-0.3, -0.25) is 4.79 Å². The Hall–Kier alpha value is -1.46. The van der Waals surface area contributed by atoms with Crippen LogP contribution in [0.25, 0.3) is 0 Å². The topological polar surface area (TPSA) is 38.8 Å².